The van der Waals surface area contributed by atoms with Gasteiger partial charge in [-0.2, -0.15) is 0 Å². The fraction of sp³-hybridized carbons (Fsp3) is 0.500. The van der Waals surface area contributed by atoms with E-state index < -0.39 is 25.6 Å². The molecule has 8 heteroatoms. The molecule has 1 atom stereocenters. The molecule has 0 bridgehead atoms. The number of hydroxylamine groups is 2. The molecular weight excluding hydrogens is 312 g/mol. The predicted octanol–water partition coefficient (Wildman–Crippen LogP) is 2.18. The molecule has 0 unspecified atom stereocenters. The fourth-order valence-corrected chi connectivity index (χ4v) is 3.25. The summed E-state index contributed by atoms with van der Waals surface area (Å²) in [5.41, 5.74) is 0.792. The van der Waals surface area contributed by atoms with Crippen LogP contribution in [0.3, 0.4) is 0 Å². The zero-order chi connectivity index (χ0) is 16.8. The molecule has 1 aromatic rings. The van der Waals surface area contributed by atoms with Gasteiger partial charge in [0.25, 0.3) is 0 Å². The Kier molecular flexibility index (Phi) is 7.16. The molecule has 1 amide bonds. The number of hydrogen-bond donors (Lipinski definition) is 3. The molecule has 22 heavy (non-hydrogen) atoms. The Morgan fingerprint density at radius 2 is 2.09 bits per heavy atom. The molecule has 0 fully saturated rings. The standard InChI is InChI=1S/C14H21FNO5P/c1-16(18)14(17)9-12(10-22(19,20)21)6-2-4-11-5-3-7-13(15)8-11/h3,5,7-8,12,18H,2,4,6,9-10H2,1H3,(H2,19,20,21)/t12-/m1/s1. The van der Waals surface area contributed by atoms with Crippen LogP contribution in [-0.4, -0.2) is 39.2 Å². The molecule has 0 aromatic heterocycles. The second-order valence-corrected chi connectivity index (χ2v) is 7.05. The molecule has 6 nitrogen and oxygen atoms in total. The second kappa shape index (κ2) is 8.39. The van der Waals surface area contributed by atoms with Gasteiger partial charge < -0.3 is 9.79 Å². The molecular formula is C14H21FNO5P. The first-order chi connectivity index (χ1) is 10.2. The van der Waals surface area contributed by atoms with Crippen molar-refractivity contribution >= 4 is 13.5 Å². The van der Waals surface area contributed by atoms with E-state index in [0.717, 1.165) is 5.56 Å². The zero-order valence-electron chi connectivity index (χ0n) is 12.4. The highest BCUT2D eigenvalue weighted by molar-refractivity contribution is 7.51. The van der Waals surface area contributed by atoms with Crippen molar-refractivity contribution < 1.29 is 28.7 Å². The summed E-state index contributed by atoms with van der Waals surface area (Å²) in [6, 6.07) is 6.12. The summed E-state index contributed by atoms with van der Waals surface area (Å²) in [4.78, 5) is 29.6. The maximum absolute atomic E-state index is 13.1. The summed E-state index contributed by atoms with van der Waals surface area (Å²) in [6.07, 6.45) is 0.979. The van der Waals surface area contributed by atoms with Crippen molar-refractivity contribution in [2.45, 2.75) is 25.7 Å². The van der Waals surface area contributed by atoms with Gasteiger partial charge in [-0.15, -0.1) is 0 Å². The smallest absolute Gasteiger partial charge is 0.324 e. The van der Waals surface area contributed by atoms with Gasteiger partial charge in [0.1, 0.15) is 5.82 Å². The molecule has 0 saturated heterocycles. The quantitative estimate of drug-likeness (QED) is 0.385. The summed E-state index contributed by atoms with van der Waals surface area (Å²) >= 11 is 0. The van der Waals surface area contributed by atoms with Gasteiger partial charge in [-0.3, -0.25) is 14.6 Å². The van der Waals surface area contributed by atoms with Crippen LogP contribution < -0.4 is 0 Å². The molecule has 0 aliphatic rings. The Hall–Kier alpha value is -1.27. The van der Waals surface area contributed by atoms with Crippen LogP contribution in [0.4, 0.5) is 4.39 Å². The Balaban J connectivity index is 2.56. The van der Waals surface area contributed by atoms with Crippen LogP contribution in [0.2, 0.25) is 0 Å². The number of hydrogen-bond acceptors (Lipinski definition) is 3. The minimum absolute atomic E-state index is 0.138. The van der Waals surface area contributed by atoms with Crippen molar-refractivity contribution in [1.29, 1.82) is 0 Å². The first kappa shape index (κ1) is 18.8. The number of benzene rings is 1. The van der Waals surface area contributed by atoms with Crippen molar-refractivity contribution in [2.24, 2.45) is 5.92 Å². The lowest BCUT2D eigenvalue weighted by Gasteiger charge is -2.18. The lowest BCUT2D eigenvalue weighted by molar-refractivity contribution is -0.160. The summed E-state index contributed by atoms with van der Waals surface area (Å²) in [5, 5.41) is 9.47. The second-order valence-electron chi connectivity index (χ2n) is 5.36. The molecule has 0 aliphatic heterocycles. The monoisotopic (exact) mass is 333 g/mol. The number of amides is 1. The first-order valence-corrected chi connectivity index (χ1v) is 8.71. The van der Waals surface area contributed by atoms with E-state index in [2.05, 4.69) is 0 Å². The number of aryl methyl sites for hydroxylation is 1. The van der Waals surface area contributed by atoms with E-state index in [1.165, 1.54) is 19.2 Å². The van der Waals surface area contributed by atoms with Gasteiger partial charge in [0.2, 0.25) is 5.91 Å². The minimum atomic E-state index is -4.24. The highest BCUT2D eigenvalue weighted by Crippen LogP contribution is 2.39. The minimum Gasteiger partial charge on any atom is -0.324 e. The maximum atomic E-state index is 13.1. The van der Waals surface area contributed by atoms with Gasteiger partial charge in [0.05, 0.1) is 6.16 Å². The average Bonchev–Trinajstić information content (AvgIpc) is 2.36. The Bertz CT molecular complexity index is 546. The van der Waals surface area contributed by atoms with Gasteiger partial charge in [0.15, 0.2) is 0 Å². The Labute approximate surface area is 128 Å². The van der Waals surface area contributed by atoms with Crippen LogP contribution in [-0.2, 0) is 15.8 Å². The molecule has 0 aliphatic carbocycles. The lowest BCUT2D eigenvalue weighted by Crippen LogP contribution is -2.26. The third kappa shape index (κ3) is 7.66. The fourth-order valence-electron chi connectivity index (χ4n) is 2.26. The number of rotatable bonds is 8. The number of halogens is 1. The lowest BCUT2D eigenvalue weighted by atomic mass is 9.98. The van der Waals surface area contributed by atoms with Crippen LogP contribution in [0.1, 0.15) is 24.8 Å². The van der Waals surface area contributed by atoms with Crippen LogP contribution in [0.25, 0.3) is 0 Å². The van der Waals surface area contributed by atoms with E-state index in [4.69, 9.17) is 15.0 Å². The molecule has 0 saturated carbocycles. The van der Waals surface area contributed by atoms with Crippen molar-refractivity contribution in [3.63, 3.8) is 0 Å². The topological polar surface area (TPSA) is 98.1 Å². The highest BCUT2D eigenvalue weighted by atomic mass is 31.2. The van der Waals surface area contributed by atoms with E-state index in [9.17, 15) is 13.8 Å². The highest BCUT2D eigenvalue weighted by Gasteiger charge is 2.24. The molecule has 0 radical (unpaired) electrons. The average molecular weight is 333 g/mol. The van der Waals surface area contributed by atoms with Crippen LogP contribution in [0, 0.1) is 11.7 Å². The van der Waals surface area contributed by atoms with Crippen LogP contribution >= 0.6 is 7.60 Å². The summed E-state index contributed by atoms with van der Waals surface area (Å²) in [7, 11) is -3.07. The molecule has 0 heterocycles. The molecule has 124 valence electrons. The van der Waals surface area contributed by atoms with Crippen molar-refractivity contribution in [2.75, 3.05) is 13.2 Å². The van der Waals surface area contributed by atoms with Crippen LogP contribution in [0.15, 0.2) is 24.3 Å². The van der Waals surface area contributed by atoms with Gasteiger partial charge in [-0.1, -0.05) is 12.1 Å². The normalized spacial score (nSPS) is 13.0. The molecule has 1 rings (SSSR count). The Morgan fingerprint density at radius 3 is 2.64 bits per heavy atom. The SMILES string of the molecule is CN(O)C(=O)C[C@@H](CCCc1cccc(F)c1)CP(=O)(O)O. The first-order valence-electron chi connectivity index (χ1n) is 6.92. The number of carbonyl (C=O) groups is 1. The Morgan fingerprint density at radius 1 is 1.41 bits per heavy atom. The van der Waals surface area contributed by atoms with Gasteiger partial charge in [-0.05, 0) is 42.9 Å². The van der Waals surface area contributed by atoms with E-state index in [1.54, 1.807) is 12.1 Å². The molecule has 1 aromatic carbocycles. The van der Waals surface area contributed by atoms with Gasteiger partial charge in [-0.25, -0.2) is 9.45 Å². The number of nitrogens with zero attached hydrogens (tertiary/aromatic N) is 1. The van der Waals surface area contributed by atoms with E-state index in [-0.39, 0.29) is 12.2 Å². The summed E-state index contributed by atoms with van der Waals surface area (Å²) < 4.78 is 24.2. The van der Waals surface area contributed by atoms with Crippen molar-refractivity contribution in [3.05, 3.63) is 35.6 Å². The van der Waals surface area contributed by atoms with Crippen molar-refractivity contribution in [1.82, 2.24) is 5.06 Å². The summed E-state index contributed by atoms with van der Waals surface area (Å²) in [6.45, 7) is 0. The van der Waals surface area contributed by atoms with Gasteiger partial charge in [0, 0.05) is 13.5 Å². The third-order valence-corrected chi connectivity index (χ3v) is 4.28. The van der Waals surface area contributed by atoms with Crippen LogP contribution in [0.5, 0.6) is 0 Å². The molecule has 0 spiro atoms. The van der Waals surface area contributed by atoms with Crippen molar-refractivity contribution in [3.8, 4) is 0 Å². The summed E-state index contributed by atoms with van der Waals surface area (Å²) in [5.74, 6) is -1.46. The van der Waals surface area contributed by atoms with E-state index >= 15 is 0 Å². The number of carbonyl (C=O) groups excluding carboxylic acids is 1. The largest absolute Gasteiger partial charge is 0.325 e. The zero-order valence-corrected chi connectivity index (χ0v) is 13.2. The van der Waals surface area contributed by atoms with E-state index in [0.29, 0.717) is 24.3 Å². The van der Waals surface area contributed by atoms with Gasteiger partial charge >= 0.3 is 7.60 Å². The predicted molar refractivity (Wildman–Crippen MR) is 78.9 cm³/mol. The maximum Gasteiger partial charge on any atom is 0.325 e. The molecule has 3 N–H and O–H groups in total. The third-order valence-electron chi connectivity index (χ3n) is 3.29. The van der Waals surface area contributed by atoms with E-state index in [1.807, 2.05) is 0 Å².